The van der Waals surface area contributed by atoms with E-state index < -0.39 is 15.9 Å². The molecule has 1 amide bonds. The Kier molecular flexibility index (Phi) is 5.93. The molecule has 7 heteroatoms. The average molecular weight is 451 g/mol. The van der Waals surface area contributed by atoms with E-state index >= 15 is 0 Å². The van der Waals surface area contributed by atoms with E-state index in [2.05, 4.69) is 24.0 Å². The van der Waals surface area contributed by atoms with Crippen LogP contribution in [0.2, 0.25) is 0 Å². The molecule has 1 unspecified atom stereocenters. The lowest BCUT2D eigenvalue weighted by Crippen LogP contribution is -2.50. The summed E-state index contributed by atoms with van der Waals surface area (Å²) in [7, 11) is -3.31. The third-order valence-electron chi connectivity index (χ3n) is 5.94. The normalized spacial score (nSPS) is 16.8. The molecule has 1 heterocycles. The van der Waals surface area contributed by atoms with Crippen molar-refractivity contribution in [1.82, 2.24) is 4.90 Å². The number of para-hydroxylation sites is 1. The topological polar surface area (TPSA) is 77.9 Å². The first-order valence-corrected chi connectivity index (χ1v) is 12.3. The van der Waals surface area contributed by atoms with Gasteiger partial charge in [-0.3, -0.25) is 0 Å². The van der Waals surface area contributed by atoms with E-state index in [-0.39, 0.29) is 10.9 Å². The molecule has 1 N–H and O–H groups in total. The SMILES string of the molecule is Cc1ccccc1N1CCN(C(=O)O)CC1c1cccc(-c2cccc(S(C)(=O)=O)c2)c1. The lowest BCUT2D eigenvalue weighted by Gasteiger charge is -2.42. The molecular formula is C25H26N2O4S. The van der Waals surface area contributed by atoms with Crippen LogP contribution in [0.3, 0.4) is 0 Å². The van der Waals surface area contributed by atoms with Gasteiger partial charge >= 0.3 is 6.09 Å². The fraction of sp³-hybridized carbons (Fsp3) is 0.240. The second-order valence-corrected chi connectivity index (χ2v) is 10.2. The number of benzene rings is 3. The van der Waals surface area contributed by atoms with Crippen molar-refractivity contribution in [3.8, 4) is 11.1 Å². The van der Waals surface area contributed by atoms with Crippen molar-refractivity contribution in [2.75, 3.05) is 30.8 Å². The maximum absolute atomic E-state index is 12.0. The molecule has 4 rings (SSSR count). The minimum Gasteiger partial charge on any atom is -0.465 e. The molecule has 1 atom stereocenters. The van der Waals surface area contributed by atoms with Crippen LogP contribution in [-0.4, -0.2) is 50.4 Å². The van der Waals surface area contributed by atoms with Gasteiger partial charge in [-0.1, -0.05) is 48.5 Å². The van der Waals surface area contributed by atoms with E-state index in [4.69, 9.17) is 0 Å². The molecule has 6 nitrogen and oxygen atoms in total. The summed E-state index contributed by atoms with van der Waals surface area (Å²) >= 11 is 0. The van der Waals surface area contributed by atoms with Crippen LogP contribution < -0.4 is 4.90 Å². The molecular weight excluding hydrogens is 424 g/mol. The third kappa shape index (κ3) is 4.48. The Morgan fingerprint density at radius 2 is 1.62 bits per heavy atom. The number of rotatable bonds is 4. The highest BCUT2D eigenvalue weighted by Crippen LogP contribution is 2.34. The molecule has 3 aromatic carbocycles. The maximum Gasteiger partial charge on any atom is 0.407 e. The van der Waals surface area contributed by atoms with E-state index in [0.29, 0.717) is 19.6 Å². The first kappa shape index (κ1) is 21.9. The Hall–Kier alpha value is -3.32. The van der Waals surface area contributed by atoms with Gasteiger partial charge in [-0.25, -0.2) is 13.2 Å². The molecule has 0 aromatic heterocycles. The summed E-state index contributed by atoms with van der Waals surface area (Å²) in [5.74, 6) is 0. The van der Waals surface area contributed by atoms with E-state index in [1.807, 2.05) is 42.5 Å². The number of piperazine rings is 1. The predicted octanol–water partition coefficient (Wildman–Crippen LogP) is 4.61. The highest BCUT2D eigenvalue weighted by atomic mass is 32.2. The van der Waals surface area contributed by atoms with Gasteiger partial charge in [0, 0.05) is 31.6 Å². The van der Waals surface area contributed by atoms with Crippen molar-refractivity contribution < 1.29 is 18.3 Å². The number of anilines is 1. The smallest absolute Gasteiger partial charge is 0.407 e. The largest absolute Gasteiger partial charge is 0.465 e. The number of nitrogens with zero attached hydrogens (tertiary/aromatic N) is 2. The van der Waals surface area contributed by atoms with Gasteiger partial charge in [-0.2, -0.15) is 0 Å². The number of hydrogen-bond acceptors (Lipinski definition) is 4. The fourth-order valence-electron chi connectivity index (χ4n) is 4.25. The predicted molar refractivity (Wildman–Crippen MR) is 126 cm³/mol. The molecule has 32 heavy (non-hydrogen) atoms. The van der Waals surface area contributed by atoms with Gasteiger partial charge in [0.15, 0.2) is 9.84 Å². The zero-order valence-corrected chi connectivity index (χ0v) is 18.9. The summed E-state index contributed by atoms with van der Waals surface area (Å²) in [6, 6.07) is 22.8. The number of sulfone groups is 1. The molecule has 0 bridgehead atoms. The molecule has 0 aliphatic carbocycles. The van der Waals surface area contributed by atoms with Gasteiger partial charge in [0.05, 0.1) is 10.9 Å². The summed E-state index contributed by atoms with van der Waals surface area (Å²) in [6.07, 6.45) is 0.280. The Balaban J connectivity index is 1.76. The van der Waals surface area contributed by atoms with Crippen LogP contribution in [0, 0.1) is 6.92 Å². The van der Waals surface area contributed by atoms with Crippen LogP contribution in [0.25, 0.3) is 11.1 Å². The van der Waals surface area contributed by atoms with Crippen molar-refractivity contribution in [1.29, 1.82) is 0 Å². The zero-order valence-electron chi connectivity index (χ0n) is 18.1. The van der Waals surface area contributed by atoms with Gasteiger partial charge in [0.1, 0.15) is 0 Å². The summed E-state index contributed by atoms with van der Waals surface area (Å²) in [5.41, 5.74) is 4.92. The average Bonchev–Trinajstić information content (AvgIpc) is 2.79. The van der Waals surface area contributed by atoms with Crippen molar-refractivity contribution in [2.45, 2.75) is 17.9 Å². The van der Waals surface area contributed by atoms with Gasteiger partial charge in [0.2, 0.25) is 0 Å². The monoisotopic (exact) mass is 450 g/mol. The van der Waals surface area contributed by atoms with Gasteiger partial charge in [-0.05, 0) is 53.4 Å². The van der Waals surface area contributed by atoms with Crippen LogP contribution in [0.1, 0.15) is 17.2 Å². The maximum atomic E-state index is 12.0. The van der Waals surface area contributed by atoms with Gasteiger partial charge < -0.3 is 14.9 Å². The molecule has 1 fully saturated rings. The summed E-state index contributed by atoms with van der Waals surface area (Å²) in [6.45, 7) is 3.45. The molecule has 0 radical (unpaired) electrons. The zero-order chi connectivity index (χ0) is 22.9. The fourth-order valence-corrected chi connectivity index (χ4v) is 4.91. The van der Waals surface area contributed by atoms with E-state index in [1.54, 1.807) is 18.2 Å². The molecule has 0 saturated carbocycles. The van der Waals surface area contributed by atoms with Crippen molar-refractivity contribution in [3.05, 3.63) is 83.9 Å². The third-order valence-corrected chi connectivity index (χ3v) is 7.05. The Labute approximate surface area is 188 Å². The first-order valence-electron chi connectivity index (χ1n) is 10.4. The molecule has 0 spiro atoms. The van der Waals surface area contributed by atoms with Crippen molar-refractivity contribution in [2.24, 2.45) is 0 Å². The summed E-state index contributed by atoms with van der Waals surface area (Å²) in [4.78, 5) is 15.7. The highest BCUT2D eigenvalue weighted by Gasteiger charge is 2.31. The second kappa shape index (κ2) is 8.67. The number of carboxylic acid groups (broad SMARTS) is 1. The van der Waals surface area contributed by atoms with Gasteiger partial charge in [-0.15, -0.1) is 0 Å². The lowest BCUT2D eigenvalue weighted by molar-refractivity contribution is 0.135. The van der Waals surface area contributed by atoms with Crippen LogP contribution >= 0.6 is 0 Å². The quantitative estimate of drug-likeness (QED) is 0.628. The Morgan fingerprint density at radius 1 is 0.938 bits per heavy atom. The highest BCUT2D eigenvalue weighted by molar-refractivity contribution is 7.90. The van der Waals surface area contributed by atoms with Crippen LogP contribution in [-0.2, 0) is 9.84 Å². The minimum atomic E-state index is -3.31. The number of hydrogen-bond donors (Lipinski definition) is 1. The van der Waals surface area contributed by atoms with Crippen LogP contribution in [0.15, 0.2) is 77.7 Å². The van der Waals surface area contributed by atoms with E-state index in [9.17, 15) is 18.3 Å². The van der Waals surface area contributed by atoms with Crippen molar-refractivity contribution in [3.63, 3.8) is 0 Å². The van der Waals surface area contributed by atoms with Crippen LogP contribution in [0.4, 0.5) is 10.5 Å². The summed E-state index contributed by atoms with van der Waals surface area (Å²) in [5, 5.41) is 9.60. The molecule has 166 valence electrons. The molecule has 1 aliphatic rings. The second-order valence-electron chi connectivity index (χ2n) is 8.15. The minimum absolute atomic E-state index is 0.154. The number of aryl methyl sites for hydroxylation is 1. The number of amides is 1. The van der Waals surface area contributed by atoms with Crippen molar-refractivity contribution >= 4 is 21.6 Å². The molecule has 3 aromatic rings. The van der Waals surface area contributed by atoms with Crippen LogP contribution in [0.5, 0.6) is 0 Å². The summed E-state index contributed by atoms with van der Waals surface area (Å²) < 4.78 is 24.0. The van der Waals surface area contributed by atoms with E-state index in [0.717, 1.165) is 27.9 Å². The Morgan fingerprint density at radius 3 is 2.31 bits per heavy atom. The standard InChI is InChI=1S/C25H26N2O4S/c1-18-7-3-4-12-23(18)27-14-13-26(25(28)29)17-24(27)21-10-5-8-19(15-21)20-9-6-11-22(16-20)32(2,30)31/h3-12,15-16,24H,13-14,17H2,1-2H3,(H,28,29). The molecule has 1 aliphatic heterocycles. The number of carbonyl (C=O) groups is 1. The van der Waals surface area contributed by atoms with E-state index in [1.165, 1.54) is 11.2 Å². The lowest BCUT2D eigenvalue weighted by atomic mass is 9.96. The molecule has 1 saturated heterocycles. The first-order chi connectivity index (χ1) is 15.2. The van der Waals surface area contributed by atoms with Gasteiger partial charge in [0.25, 0.3) is 0 Å². The Bertz CT molecular complexity index is 1260.